The quantitative estimate of drug-likeness (QED) is 0.788. The maximum atomic E-state index is 12.1. The van der Waals surface area contributed by atoms with Gasteiger partial charge >= 0.3 is 0 Å². The standard InChI is InChI=1S/C14H16N4O/c1-2-11-8-13(18-17-11)16-14(19)10-3-4-12-9(7-10)5-6-15-12/h3-4,7-8,15H,2,5-6H2,1H3,(H2,16,17,18,19). The van der Waals surface area contributed by atoms with Crippen molar-refractivity contribution in [1.29, 1.82) is 0 Å². The molecular formula is C14H16N4O. The lowest BCUT2D eigenvalue weighted by molar-refractivity contribution is 0.102. The molecule has 98 valence electrons. The molecule has 0 spiro atoms. The highest BCUT2D eigenvalue weighted by atomic mass is 16.1. The number of carbonyl (C=O) groups is 1. The number of hydrogen-bond donors (Lipinski definition) is 3. The van der Waals surface area contributed by atoms with Gasteiger partial charge in [0.2, 0.25) is 0 Å². The highest BCUT2D eigenvalue weighted by Crippen LogP contribution is 2.23. The van der Waals surface area contributed by atoms with Crippen LogP contribution >= 0.6 is 0 Å². The normalized spacial score (nSPS) is 12.9. The van der Waals surface area contributed by atoms with Crippen molar-refractivity contribution in [1.82, 2.24) is 10.2 Å². The van der Waals surface area contributed by atoms with Gasteiger partial charge in [0.05, 0.1) is 0 Å². The van der Waals surface area contributed by atoms with Crippen LogP contribution in [-0.2, 0) is 12.8 Å². The Bertz CT molecular complexity index is 618. The molecular weight excluding hydrogens is 240 g/mol. The molecule has 0 atom stereocenters. The number of H-pyrrole nitrogens is 1. The lowest BCUT2D eigenvalue weighted by atomic mass is 10.1. The highest BCUT2D eigenvalue weighted by molar-refractivity contribution is 6.04. The minimum absolute atomic E-state index is 0.121. The number of nitrogens with one attached hydrogen (secondary N) is 3. The van der Waals surface area contributed by atoms with Crippen molar-refractivity contribution in [3.63, 3.8) is 0 Å². The maximum Gasteiger partial charge on any atom is 0.256 e. The molecule has 1 aliphatic heterocycles. The Morgan fingerprint density at radius 2 is 2.32 bits per heavy atom. The van der Waals surface area contributed by atoms with Gasteiger partial charge in [0.25, 0.3) is 5.91 Å². The van der Waals surface area contributed by atoms with E-state index in [1.807, 2.05) is 31.2 Å². The van der Waals surface area contributed by atoms with Crippen molar-refractivity contribution < 1.29 is 4.79 Å². The Labute approximate surface area is 111 Å². The van der Waals surface area contributed by atoms with Crippen LogP contribution in [0.3, 0.4) is 0 Å². The van der Waals surface area contributed by atoms with Crippen LogP contribution in [0.15, 0.2) is 24.3 Å². The number of hydrogen-bond acceptors (Lipinski definition) is 3. The van der Waals surface area contributed by atoms with Crippen LogP contribution in [-0.4, -0.2) is 22.6 Å². The first-order valence-corrected chi connectivity index (χ1v) is 6.48. The Hall–Kier alpha value is -2.30. The number of aryl methyl sites for hydroxylation is 1. The molecule has 1 aromatic heterocycles. The average Bonchev–Trinajstić information content (AvgIpc) is 3.05. The fourth-order valence-electron chi connectivity index (χ4n) is 2.24. The number of amides is 1. The number of carbonyl (C=O) groups excluding carboxylic acids is 1. The predicted octanol–water partition coefficient (Wildman–Crippen LogP) is 2.19. The number of rotatable bonds is 3. The second-order valence-electron chi connectivity index (χ2n) is 4.63. The van der Waals surface area contributed by atoms with Gasteiger partial charge in [-0.3, -0.25) is 9.89 Å². The number of fused-ring (bicyclic) bond motifs is 1. The van der Waals surface area contributed by atoms with E-state index in [0.29, 0.717) is 11.4 Å². The van der Waals surface area contributed by atoms with Crippen LogP contribution in [0.4, 0.5) is 11.5 Å². The number of nitrogens with zero attached hydrogens (tertiary/aromatic N) is 1. The molecule has 2 aromatic rings. The molecule has 0 fully saturated rings. The zero-order chi connectivity index (χ0) is 13.2. The van der Waals surface area contributed by atoms with Gasteiger partial charge in [-0.05, 0) is 36.6 Å². The van der Waals surface area contributed by atoms with Crippen molar-refractivity contribution >= 4 is 17.4 Å². The van der Waals surface area contributed by atoms with Crippen molar-refractivity contribution in [3.8, 4) is 0 Å². The van der Waals surface area contributed by atoms with Crippen LogP contribution in [0.5, 0.6) is 0 Å². The Morgan fingerprint density at radius 1 is 1.42 bits per heavy atom. The van der Waals surface area contributed by atoms with E-state index in [0.717, 1.165) is 30.8 Å². The molecule has 5 heteroatoms. The average molecular weight is 256 g/mol. The summed E-state index contributed by atoms with van der Waals surface area (Å²) >= 11 is 0. The first-order chi connectivity index (χ1) is 9.26. The van der Waals surface area contributed by atoms with Gasteiger partial charge in [-0.25, -0.2) is 0 Å². The summed E-state index contributed by atoms with van der Waals surface area (Å²) in [7, 11) is 0. The van der Waals surface area contributed by atoms with E-state index in [-0.39, 0.29) is 5.91 Å². The van der Waals surface area contributed by atoms with Gasteiger partial charge in [-0.1, -0.05) is 6.92 Å². The van der Waals surface area contributed by atoms with Gasteiger partial charge in [0.15, 0.2) is 5.82 Å². The van der Waals surface area contributed by atoms with Crippen LogP contribution in [0, 0.1) is 0 Å². The molecule has 0 bridgehead atoms. The summed E-state index contributed by atoms with van der Waals surface area (Å²) in [6.07, 6.45) is 1.84. The molecule has 0 saturated carbocycles. The molecule has 0 aliphatic carbocycles. The summed E-state index contributed by atoms with van der Waals surface area (Å²) in [5.41, 5.74) is 4.01. The second-order valence-corrected chi connectivity index (χ2v) is 4.63. The Balaban J connectivity index is 1.76. The maximum absolute atomic E-state index is 12.1. The zero-order valence-corrected chi connectivity index (χ0v) is 10.8. The predicted molar refractivity (Wildman–Crippen MR) is 74.6 cm³/mol. The minimum Gasteiger partial charge on any atom is -0.384 e. The zero-order valence-electron chi connectivity index (χ0n) is 10.8. The first kappa shape index (κ1) is 11.8. The van der Waals surface area contributed by atoms with Gasteiger partial charge in [0.1, 0.15) is 0 Å². The van der Waals surface area contributed by atoms with Crippen LogP contribution < -0.4 is 10.6 Å². The molecule has 19 heavy (non-hydrogen) atoms. The van der Waals surface area contributed by atoms with E-state index in [4.69, 9.17) is 0 Å². The summed E-state index contributed by atoms with van der Waals surface area (Å²) in [6.45, 7) is 2.98. The summed E-state index contributed by atoms with van der Waals surface area (Å²) in [4.78, 5) is 12.1. The molecule has 3 N–H and O–H groups in total. The van der Waals surface area contributed by atoms with Gasteiger partial charge in [-0.2, -0.15) is 5.10 Å². The Kier molecular flexibility index (Phi) is 2.95. The van der Waals surface area contributed by atoms with Crippen LogP contribution in [0.25, 0.3) is 0 Å². The smallest absolute Gasteiger partial charge is 0.256 e. The molecule has 1 aliphatic rings. The van der Waals surface area contributed by atoms with Crippen LogP contribution in [0.2, 0.25) is 0 Å². The first-order valence-electron chi connectivity index (χ1n) is 6.48. The number of anilines is 2. The summed E-state index contributed by atoms with van der Waals surface area (Å²) in [5, 5.41) is 13.0. The van der Waals surface area contributed by atoms with Crippen molar-refractivity contribution in [3.05, 3.63) is 41.1 Å². The topological polar surface area (TPSA) is 69.8 Å². The molecule has 0 saturated heterocycles. The van der Waals surface area contributed by atoms with E-state index in [2.05, 4.69) is 20.8 Å². The number of aromatic amines is 1. The molecule has 2 heterocycles. The number of aromatic nitrogens is 2. The molecule has 0 radical (unpaired) electrons. The highest BCUT2D eigenvalue weighted by Gasteiger charge is 2.14. The molecule has 1 aromatic carbocycles. The molecule has 3 rings (SSSR count). The molecule has 1 amide bonds. The van der Waals surface area contributed by atoms with Gasteiger partial charge in [-0.15, -0.1) is 0 Å². The van der Waals surface area contributed by atoms with E-state index < -0.39 is 0 Å². The Morgan fingerprint density at radius 3 is 3.11 bits per heavy atom. The minimum atomic E-state index is -0.121. The van der Waals surface area contributed by atoms with Crippen molar-refractivity contribution in [2.24, 2.45) is 0 Å². The van der Waals surface area contributed by atoms with Crippen molar-refractivity contribution in [2.45, 2.75) is 19.8 Å². The van der Waals surface area contributed by atoms with E-state index in [1.54, 1.807) is 0 Å². The SMILES string of the molecule is CCc1cc(NC(=O)c2ccc3c(c2)CCN3)n[nH]1. The van der Waals surface area contributed by atoms with Gasteiger partial charge in [0, 0.05) is 29.6 Å². The fraction of sp³-hybridized carbons (Fsp3) is 0.286. The van der Waals surface area contributed by atoms with Gasteiger partial charge < -0.3 is 10.6 Å². The second kappa shape index (κ2) is 4.76. The fourth-order valence-corrected chi connectivity index (χ4v) is 2.24. The third-order valence-corrected chi connectivity index (χ3v) is 3.33. The monoisotopic (exact) mass is 256 g/mol. The summed E-state index contributed by atoms with van der Waals surface area (Å²) < 4.78 is 0. The lowest BCUT2D eigenvalue weighted by Gasteiger charge is -2.04. The lowest BCUT2D eigenvalue weighted by Crippen LogP contribution is -2.12. The van der Waals surface area contributed by atoms with E-state index in [9.17, 15) is 4.79 Å². The van der Waals surface area contributed by atoms with E-state index >= 15 is 0 Å². The third kappa shape index (κ3) is 2.31. The third-order valence-electron chi connectivity index (χ3n) is 3.33. The molecule has 0 unspecified atom stereocenters. The van der Waals surface area contributed by atoms with Crippen molar-refractivity contribution in [2.75, 3.05) is 17.2 Å². The molecule has 5 nitrogen and oxygen atoms in total. The largest absolute Gasteiger partial charge is 0.384 e. The summed E-state index contributed by atoms with van der Waals surface area (Å²) in [5.74, 6) is 0.448. The van der Waals surface area contributed by atoms with E-state index in [1.165, 1.54) is 5.56 Å². The van der Waals surface area contributed by atoms with Crippen LogP contribution in [0.1, 0.15) is 28.5 Å². The number of benzene rings is 1. The summed E-state index contributed by atoms with van der Waals surface area (Å²) in [6, 6.07) is 7.59.